The van der Waals surface area contributed by atoms with Crippen LogP contribution in [0.15, 0.2) is 66.9 Å². The molecule has 12 nitrogen and oxygen atoms in total. The van der Waals surface area contributed by atoms with E-state index in [9.17, 15) is 33.5 Å². The molecular weight excluding hydrogens is 674 g/mol. The molecule has 4 rings (SSSR count). The van der Waals surface area contributed by atoms with Crippen LogP contribution in [-0.2, 0) is 25.6 Å². The fraction of sp³-hybridized carbons (Fsp3) is 0.421. The third-order valence-corrected chi connectivity index (χ3v) is 8.73. The van der Waals surface area contributed by atoms with Gasteiger partial charge in [-0.2, -0.15) is 5.10 Å². The zero-order chi connectivity index (χ0) is 38.5. The lowest BCUT2D eigenvalue weighted by atomic mass is 9.81. The molecule has 0 bridgehead atoms. The zero-order valence-corrected chi connectivity index (χ0v) is 30.5. The largest absolute Gasteiger partial charge is 0.465 e. The second kappa shape index (κ2) is 15.9. The molecule has 1 aromatic heterocycles. The summed E-state index contributed by atoms with van der Waals surface area (Å²) in [6.07, 6.45) is 2.74. The predicted molar refractivity (Wildman–Crippen MR) is 189 cm³/mol. The van der Waals surface area contributed by atoms with Crippen molar-refractivity contribution in [3.05, 3.63) is 95.3 Å². The maximum atomic E-state index is 15.1. The molecule has 1 aliphatic rings. The summed E-state index contributed by atoms with van der Waals surface area (Å²) in [4.78, 5) is 67.5. The Morgan fingerprint density at radius 1 is 0.962 bits per heavy atom. The van der Waals surface area contributed by atoms with Gasteiger partial charge in [0, 0.05) is 68.5 Å². The molecule has 3 aromatic rings. The van der Waals surface area contributed by atoms with Crippen molar-refractivity contribution >= 4 is 29.7 Å². The number of rotatable bonds is 13. The van der Waals surface area contributed by atoms with Crippen molar-refractivity contribution in [2.45, 2.75) is 78.9 Å². The quantitative estimate of drug-likeness (QED) is 0.230. The van der Waals surface area contributed by atoms with E-state index in [0.717, 1.165) is 45.7 Å². The molecule has 14 heteroatoms. The average molecular weight is 721 g/mol. The maximum Gasteiger partial charge on any atom is 0.408 e. The van der Waals surface area contributed by atoms with Gasteiger partial charge in [-0.25, -0.2) is 18.3 Å². The van der Waals surface area contributed by atoms with E-state index in [2.05, 4.69) is 5.32 Å². The first kappa shape index (κ1) is 39.4. The van der Waals surface area contributed by atoms with E-state index in [1.807, 2.05) is 51.1 Å². The van der Waals surface area contributed by atoms with Crippen LogP contribution in [0.2, 0.25) is 0 Å². The number of carbonyl (C=O) groups excluding carboxylic acids is 4. The summed E-state index contributed by atoms with van der Waals surface area (Å²) >= 11 is 0. The van der Waals surface area contributed by atoms with E-state index in [1.54, 1.807) is 27.0 Å². The Balaban J connectivity index is 1.74. The highest BCUT2D eigenvalue weighted by atomic mass is 19.1. The predicted octanol–water partition coefficient (Wildman–Crippen LogP) is 5.26. The Labute approximate surface area is 302 Å². The van der Waals surface area contributed by atoms with Crippen LogP contribution in [0.1, 0.15) is 77.7 Å². The van der Waals surface area contributed by atoms with Gasteiger partial charge in [-0.05, 0) is 50.3 Å². The van der Waals surface area contributed by atoms with Crippen molar-refractivity contribution in [1.82, 2.24) is 29.8 Å². The first-order valence-electron chi connectivity index (χ1n) is 17.0. The SMILES string of the molecule is CC(=O)N(CCC(C(=O)NCCN1C(=O)C=CC1=O)N(C(=O)O)C(C)(C)C)C(c1nn(-c2cc(F)ccc2F)cc1Cc1ccccc1)C(C)(C)C. The van der Waals surface area contributed by atoms with Gasteiger partial charge >= 0.3 is 6.09 Å². The number of carboxylic acid groups (broad SMARTS) is 1. The van der Waals surface area contributed by atoms with Gasteiger partial charge in [0.1, 0.15) is 23.4 Å². The van der Waals surface area contributed by atoms with Crippen LogP contribution in [0, 0.1) is 17.0 Å². The maximum absolute atomic E-state index is 15.1. The van der Waals surface area contributed by atoms with Crippen molar-refractivity contribution in [3.8, 4) is 5.69 Å². The molecule has 0 aliphatic carbocycles. The summed E-state index contributed by atoms with van der Waals surface area (Å²) in [6.45, 7) is 11.7. The number of amides is 5. The molecule has 0 spiro atoms. The lowest BCUT2D eigenvalue weighted by molar-refractivity contribution is -0.137. The number of nitrogens with one attached hydrogen (secondary N) is 1. The van der Waals surface area contributed by atoms with Gasteiger partial charge in [-0.3, -0.25) is 29.0 Å². The summed E-state index contributed by atoms with van der Waals surface area (Å²) in [5, 5.41) is 17.7. The fourth-order valence-corrected chi connectivity index (χ4v) is 6.47. The monoisotopic (exact) mass is 720 g/mol. The molecule has 2 unspecified atom stereocenters. The van der Waals surface area contributed by atoms with Crippen LogP contribution < -0.4 is 5.32 Å². The van der Waals surface area contributed by atoms with Crippen LogP contribution in [0.25, 0.3) is 5.69 Å². The van der Waals surface area contributed by atoms with Crippen molar-refractivity contribution in [1.29, 1.82) is 0 Å². The molecule has 5 amide bonds. The average Bonchev–Trinajstić information content (AvgIpc) is 3.59. The fourth-order valence-electron chi connectivity index (χ4n) is 6.47. The normalized spacial score (nSPS) is 14.4. The minimum absolute atomic E-state index is 0.0891. The minimum Gasteiger partial charge on any atom is -0.465 e. The van der Waals surface area contributed by atoms with Gasteiger partial charge in [0.05, 0.1) is 11.7 Å². The molecule has 0 fully saturated rings. The number of halogens is 2. The molecule has 278 valence electrons. The summed E-state index contributed by atoms with van der Waals surface area (Å²) in [5.41, 5.74) is 0.133. The topological polar surface area (TPSA) is 145 Å². The number of benzene rings is 2. The Bertz CT molecular complexity index is 1830. The number of aromatic nitrogens is 2. The van der Waals surface area contributed by atoms with E-state index in [-0.39, 0.29) is 37.6 Å². The second-order valence-electron chi connectivity index (χ2n) is 14.8. The Morgan fingerprint density at radius 3 is 2.15 bits per heavy atom. The van der Waals surface area contributed by atoms with Crippen LogP contribution in [-0.4, -0.2) is 90.5 Å². The van der Waals surface area contributed by atoms with Crippen molar-refractivity contribution in [3.63, 3.8) is 0 Å². The van der Waals surface area contributed by atoms with Gasteiger partial charge in [0.25, 0.3) is 11.8 Å². The number of hydrogen-bond donors (Lipinski definition) is 2. The summed E-state index contributed by atoms with van der Waals surface area (Å²) in [5.74, 6) is -3.44. The van der Waals surface area contributed by atoms with E-state index in [0.29, 0.717) is 17.7 Å². The zero-order valence-electron chi connectivity index (χ0n) is 30.5. The molecule has 2 heterocycles. The van der Waals surface area contributed by atoms with Crippen LogP contribution in [0.3, 0.4) is 0 Å². The van der Waals surface area contributed by atoms with Crippen LogP contribution in [0.5, 0.6) is 0 Å². The molecule has 0 saturated carbocycles. The molecule has 0 radical (unpaired) electrons. The highest BCUT2D eigenvalue weighted by molar-refractivity contribution is 6.12. The highest BCUT2D eigenvalue weighted by Crippen LogP contribution is 2.40. The Morgan fingerprint density at radius 2 is 1.60 bits per heavy atom. The molecule has 2 aromatic carbocycles. The van der Waals surface area contributed by atoms with Crippen LogP contribution in [0.4, 0.5) is 13.6 Å². The molecule has 2 N–H and O–H groups in total. The number of nitrogens with zero attached hydrogens (tertiary/aromatic N) is 5. The lowest BCUT2D eigenvalue weighted by Crippen LogP contribution is -2.58. The smallest absolute Gasteiger partial charge is 0.408 e. The first-order valence-corrected chi connectivity index (χ1v) is 17.0. The Hall–Kier alpha value is -5.40. The van der Waals surface area contributed by atoms with Gasteiger partial charge in [0.2, 0.25) is 11.8 Å². The third-order valence-electron chi connectivity index (χ3n) is 8.73. The van der Waals surface area contributed by atoms with Gasteiger partial charge < -0.3 is 15.3 Å². The molecule has 52 heavy (non-hydrogen) atoms. The first-order chi connectivity index (χ1) is 24.3. The lowest BCUT2D eigenvalue weighted by Gasteiger charge is -2.42. The molecule has 0 saturated heterocycles. The number of carbonyl (C=O) groups is 5. The third kappa shape index (κ3) is 9.28. The van der Waals surface area contributed by atoms with Gasteiger partial charge in [-0.15, -0.1) is 0 Å². The minimum atomic E-state index is -1.36. The summed E-state index contributed by atoms with van der Waals surface area (Å²) in [7, 11) is 0. The molecule has 2 atom stereocenters. The van der Waals surface area contributed by atoms with E-state index in [4.69, 9.17) is 5.10 Å². The van der Waals surface area contributed by atoms with Gasteiger partial charge in [0.15, 0.2) is 0 Å². The van der Waals surface area contributed by atoms with Crippen molar-refractivity contribution < 1.29 is 37.9 Å². The summed E-state index contributed by atoms with van der Waals surface area (Å²) in [6, 6.07) is 10.5. The second-order valence-corrected chi connectivity index (χ2v) is 14.8. The van der Waals surface area contributed by atoms with Gasteiger partial charge in [-0.1, -0.05) is 51.1 Å². The van der Waals surface area contributed by atoms with Crippen molar-refractivity contribution in [2.24, 2.45) is 5.41 Å². The molecular formula is C38H46F2N6O6. The van der Waals surface area contributed by atoms with Crippen molar-refractivity contribution in [2.75, 3.05) is 19.6 Å². The van der Waals surface area contributed by atoms with E-state index < -0.39 is 58.5 Å². The van der Waals surface area contributed by atoms with E-state index in [1.165, 1.54) is 16.5 Å². The standard InChI is InChI=1S/C38H46F2N6O6/c1-24(47)43(19-17-29(46(36(51)52)38(5,6)7)35(50)41-18-20-44-31(48)15-16-32(44)49)34(37(2,3)4)33-26(21-25-11-9-8-10-12-25)23-45(42-33)30-22-27(39)13-14-28(30)40/h8-16,22-23,29,34H,17-21H2,1-7H3,(H,41,50)(H,51,52). The Kier molecular flexibility index (Phi) is 12.0. The molecule has 1 aliphatic heterocycles. The number of imide groups is 1. The van der Waals surface area contributed by atoms with Crippen LogP contribution >= 0.6 is 0 Å². The highest BCUT2D eigenvalue weighted by Gasteiger charge is 2.41. The number of hydrogen-bond acceptors (Lipinski definition) is 6. The summed E-state index contributed by atoms with van der Waals surface area (Å²) < 4.78 is 30.7. The van der Waals surface area contributed by atoms with E-state index >= 15 is 4.39 Å².